The first-order valence-corrected chi connectivity index (χ1v) is 12.6. The summed E-state index contributed by atoms with van der Waals surface area (Å²) in [7, 11) is 0. The summed E-state index contributed by atoms with van der Waals surface area (Å²) in [6, 6.07) is 0. The molecule has 0 aliphatic heterocycles. The zero-order valence-electron chi connectivity index (χ0n) is 21.6. The van der Waals surface area contributed by atoms with Crippen molar-refractivity contribution in [3.63, 3.8) is 0 Å². The van der Waals surface area contributed by atoms with Crippen LogP contribution in [0.5, 0.6) is 0 Å². The lowest BCUT2D eigenvalue weighted by molar-refractivity contribution is -0.159. The van der Waals surface area contributed by atoms with E-state index in [0.29, 0.717) is 0 Å². The minimum atomic E-state index is -0.929. The molecule has 5 nitrogen and oxygen atoms in total. The van der Waals surface area contributed by atoms with Crippen LogP contribution >= 0.6 is 0 Å². The highest BCUT2D eigenvalue weighted by molar-refractivity contribution is 5.89. The number of hydrogen-bond donors (Lipinski definition) is 1. The van der Waals surface area contributed by atoms with Crippen molar-refractivity contribution in [3.05, 3.63) is 0 Å². The number of ether oxygens (including phenoxy) is 2. The Kier molecular flexibility index (Phi) is 23.4. The minimum Gasteiger partial charge on any atom is -0.456 e. The topological polar surface area (TPSA) is 72.8 Å². The smallest absolute Gasteiger partial charge is 0.385 e. The summed E-state index contributed by atoms with van der Waals surface area (Å²) in [6.45, 7) is 1.48. The molecule has 0 fully saturated rings. The van der Waals surface area contributed by atoms with Gasteiger partial charge in [-0.25, -0.2) is 4.79 Å². The fourth-order valence-corrected chi connectivity index (χ4v) is 2.91. The Balaban J connectivity index is 4.05. The molecule has 0 spiro atoms. The number of hydrogen-bond acceptors (Lipinski definition) is 5. The molecule has 1 N–H and O–H groups in total. The molecule has 5 heteroatoms. The van der Waals surface area contributed by atoms with Gasteiger partial charge in [-0.3, -0.25) is 4.79 Å². The van der Waals surface area contributed by atoms with Crippen molar-refractivity contribution in [2.24, 2.45) is 0 Å². The molecule has 0 aromatic rings. The van der Waals surface area contributed by atoms with Crippen molar-refractivity contribution in [1.82, 2.24) is 0 Å². The van der Waals surface area contributed by atoms with E-state index in [0.717, 1.165) is 19.3 Å². The first kappa shape index (κ1) is 32.8. The SMILES string of the molecule is C#CC#CC#CC#CC#CC#CC#CC(=O)OC[C@@H](CO)OC(=O)CCCCCCCCCCCCC. The fraction of sp³-hybridized carbons (Fsp3) is 0.500. The molecule has 37 heavy (non-hydrogen) atoms. The Labute approximate surface area is 222 Å². The third kappa shape index (κ3) is 24.7. The van der Waals surface area contributed by atoms with Gasteiger partial charge in [0.25, 0.3) is 0 Å². The third-order valence-corrected chi connectivity index (χ3v) is 4.75. The summed E-state index contributed by atoms with van der Waals surface area (Å²) in [6.07, 6.45) is 17.4. The maximum atomic E-state index is 12.0. The zero-order valence-corrected chi connectivity index (χ0v) is 21.6. The van der Waals surface area contributed by atoms with Gasteiger partial charge >= 0.3 is 11.9 Å². The second-order valence-electron chi connectivity index (χ2n) is 7.82. The lowest BCUT2D eigenvalue weighted by atomic mass is 10.1. The standard InChI is InChI=1S/C32H34O5/c1-3-5-7-9-11-13-15-17-18-20-22-24-26-31(34)36-29-30(28-33)37-32(35)27-25-23-21-19-16-14-12-10-8-6-4-2/h1,30,33H,4,6,8,10,12,14,16,19,21,23,25,27-29H2,2H3/t30-/m1/s1. The molecule has 0 aromatic carbocycles. The van der Waals surface area contributed by atoms with E-state index >= 15 is 0 Å². The predicted octanol–water partition coefficient (Wildman–Crippen LogP) is 3.79. The van der Waals surface area contributed by atoms with E-state index in [-0.39, 0.29) is 13.0 Å². The van der Waals surface area contributed by atoms with Gasteiger partial charge in [-0.05, 0) is 77.5 Å². The third-order valence-electron chi connectivity index (χ3n) is 4.75. The lowest BCUT2D eigenvalue weighted by Crippen LogP contribution is -2.28. The van der Waals surface area contributed by atoms with Crippen LogP contribution in [0.25, 0.3) is 0 Å². The summed E-state index contributed by atoms with van der Waals surface area (Å²) in [4.78, 5) is 23.6. The quantitative estimate of drug-likeness (QED) is 0.152. The highest BCUT2D eigenvalue weighted by atomic mass is 16.6. The number of carbonyl (C=O) groups excluding carboxylic acids is 2. The van der Waals surface area contributed by atoms with Gasteiger partial charge in [0.2, 0.25) is 0 Å². The van der Waals surface area contributed by atoms with E-state index < -0.39 is 24.6 Å². The van der Waals surface area contributed by atoms with Gasteiger partial charge in [0.1, 0.15) is 6.61 Å². The van der Waals surface area contributed by atoms with Crippen LogP contribution in [0.15, 0.2) is 0 Å². The number of terminal acetylenes is 1. The monoisotopic (exact) mass is 498 g/mol. The molecule has 0 radical (unpaired) electrons. The van der Waals surface area contributed by atoms with Crippen LogP contribution in [0, 0.1) is 83.4 Å². The Morgan fingerprint density at radius 2 is 1.16 bits per heavy atom. The molecule has 0 aliphatic rings. The molecule has 0 saturated carbocycles. The second-order valence-corrected chi connectivity index (χ2v) is 7.82. The van der Waals surface area contributed by atoms with Gasteiger partial charge in [-0.2, -0.15) is 0 Å². The van der Waals surface area contributed by atoms with Crippen molar-refractivity contribution in [2.45, 2.75) is 90.1 Å². The van der Waals surface area contributed by atoms with Crippen LogP contribution in [-0.2, 0) is 19.1 Å². The maximum absolute atomic E-state index is 12.0. The van der Waals surface area contributed by atoms with E-state index in [1.54, 1.807) is 0 Å². The molecule has 1 atom stereocenters. The number of unbranched alkanes of at least 4 members (excludes halogenated alkanes) is 10. The first-order valence-electron chi connectivity index (χ1n) is 12.6. The van der Waals surface area contributed by atoms with Crippen molar-refractivity contribution >= 4 is 11.9 Å². The van der Waals surface area contributed by atoms with E-state index in [9.17, 15) is 14.7 Å². The van der Waals surface area contributed by atoms with Crippen LogP contribution in [0.3, 0.4) is 0 Å². The summed E-state index contributed by atoms with van der Waals surface area (Å²) in [5.41, 5.74) is 0. The minimum absolute atomic E-state index is 0.273. The number of aliphatic hydroxyl groups excluding tert-OH is 1. The molecule has 0 aliphatic carbocycles. The van der Waals surface area contributed by atoms with E-state index in [4.69, 9.17) is 15.9 Å². The van der Waals surface area contributed by atoms with Crippen LogP contribution in [0.2, 0.25) is 0 Å². The van der Waals surface area contributed by atoms with Gasteiger partial charge in [0.05, 0.1) is 6.61 Å². The summed E-state index contributed by atoms with van der Waals surface area (Å²) < 4.78 is 10.1. The molecule has 192 valence electrons. The molecular weight excluding hydrogens is 464 g/mol. The lowest BCUT2D eigenvalue weighted by Gasteiger charge is -2.14. The van der Waals surface area contributed by atoms with Crippen LogP contribution in [-0.4, -0.2) is 36.4 Å². The van der Waals surface area contributed by atoms with Gasteiger partial charge in [0, 0.05) is 12.3 Å². The number of esters is 2. The van der Waals surface area contributed by atoms with Gasteiger partial charge in [-0.15, -0.1) is 6.42 Å². The average molecular weight is 499 g/mol. The van der Waals surface area contributed by atoms with Crippen LogP contribution in [0.4, 0.5) is 0 Å². The summed E-state index contributed by atoms with van der Waals surface area (Å²) in [5, 5.41) is 9.36. The number of carbonyl (C=O) groups is 2. The summed E-state index contributed by atoms with van der Waals surface area (Å²) in [5.74, 6) is 29.3. The maximum Gasteiger partial charge on any atom is 0.385 e. The van der Waals surface area contributed by atoms with Gasteiger partial charge < -0.3 is 14.6 Å². The van der Waals surface area contributed by atoms with Crippen molar-refractivity contribution in [2.75, 3.05) is 13.2 Å². The van der Waals surface area contributed by atoms with Crippen molar-refractivity contribution in [3.8, 4) is 83.4 Å². The summed E-state index contributed by atoms with van der Waals surface area (Å²) >= 11 is 0. The van der Waals surface area contributed by atoms with Crippen LogP contribution < -0.4 is 0 Å². The van der Waals surface area contributed by atoms with Gasteiger partial charge in [-0.1, -0.05) is 71.1 Å². The largest absolute Gasteiger partial charge is 0.456 e. The van der Waals surface area contributed by atoms with Crippen molar-refractivity contribution in [1.29, 1.82) is 0 Å². The highest BCUT2D eigenvalue weighted by Gasteiger charge is 2.15. The average Bonchev–Trinajstić information content (AvgIpc) is 2.90. The van der Waals surface area contributed by atoms with Crippen LogP contribution in [0.1, 0.15) is 84.0 Å². The predicted molar refractivity (Wildman–Crippen MR) is 144 cm³/mol. The molecule has 0 bridgehead atoms. The number of rotatable bonds is 16. The molecule has 0 unspecified atom stereocenters. The van der Waals surface area contributed by atoms with E-state index in [2.05, 4.69) is 83.9 Å². The molecule has 0 heterocycles. The Morgan fingerprint density at radius 1 is 0.703 bits per heavy atom. The van der Waals surface area contributed by atoms with Crippen molar-refractivity contribution < 1.29 is 24.2 Å². The number of aliphatic hydroxyl groups is 1. The zero-order chi connectivity index (χ0) is 27.2. The Bertz CT molecular complexity index is 1100. The fourth-order valence-electron chi connectivity index (χ4n) is 2.91. The Morgan fingerprint density at radius 3 is 1.65 bits per heavy atom. The molecule has 0 amide bonds. The molecule has 0 aromatic heterocycles. The first-order chi connectivity index (χ1) is 18.1. The molecule has 0 rings (SSSR count). The second kappa shape index (κ2) is 26.4. The van der Waals surface area contributed by atoms with E-state index in [1.807, 2.05) is 0 Å². The molecular formula is C32H34O5. The molecule has 0 saturated heterocycles. The Hall–Kier alpha value is -4.18. The van der Waals surface area contributed by atoms with Gasteiger partial charge in [0.15, 0.2) is 6.10 Å². The highest BCUT2D eigenvalue weighted by Crippen LogP contribution is 2.12. The normalized spacial score (nSPS) is 9.11. The van der Waals surface area contributed by atoms with E-state index in [1.165, 1.54) is 51.4 Å².